The lowest BCUT2D eigenvalue weighted by atomic mass is 10.1. The highest BCUT2D eigenvalue weighted by Gasteiger charge is 2.29. The number of nitrogens with one attached hydrogen (secondary N) is 1. The van der Waals surface area contributed by atoms with Crippen LogP contribution in [0.15, 0.2) is 28.8 Å². The fraction of sp³-hybridized carbons (Fsp3) is 0.444. The van der Waals surface area contributed by atoms with Gasteiger partial charge in [-0.2, -0.15) is 0 Å². The zero-order valence-corrected chi connectivity index (χ0v) is 13.8. The number of nitrogens with zero attached hydrogens (tertiary/aromatic N) is 1. The molecule has 5 nitrogen and oxygen atoms in total. The van der Waals surface area contributed by atoms with Crippen molar-refractivity contribution in [2.75, 3.05) is 6.61 Å². The van der Waals surface area contributed by atoms with E-state index >= 15 is 0 Å². The molecule has 5 heteroatoms. The summed E-state index contributed by atoms with van der Waals surface area (Å²) in [4.78, 5) is 12.2. The van der Waals surface area contributed by atoms with Crippen LogP contribution in [0.5, 0.6) is 5.75 Å². The largest absolute Gasteiger partial charge is 0.491 e. The number of hydrogen-bond donors (Lipinski definition) is 1. The standard InChI is InChI=1S/C18H22N2O3/c1-11-5-4-6-12(2)17(11)22-10-13(3)19-18(21)15-9-16(23-20-15)14-7-8-14/h4-6,9,13-14H,7-8,10H2,1-3H3,(H,19,21)/t13-/m0/s1. The maximum atomic E-state index is 12.2. The van der Waals surface area contributed by atoms with E-state index in [-0.39, 0.29) is 11.9 Å². The topological polar surface area (TPSA) is 64.4 Å². The number of aromatic nitrogens is 1. The monoisotopic (exact) mass is 314 g/mol. The fourth-order valence-electron chi connectivity index (χ4n) is 2.53. The Morgan fingerprint density at radius 2 is 2.09 bits per heavy atom. The van der Waals surface area contributed by atoms with Gasteiger partial charge in [0.15, 0.2) is 5.69 Å². The smallest absolute Gasteiger partial charge is 0.273 e. The molecule has 122 valence electrons. The van der Waals surface area contributed by atoms with Crippen LogP contribution in [0.3, 0.4) is 0 Å². The van der Waals surface area contributed by atoms with Gasteiger partial charge in [-0.1, -0.05) is 23.4 Å². The number of rotatable bonds is 6. The van der Waals surface area contributed by atoms with Gasteiger partial charge in [0.05, 0.1) is 6.04 Å². The minimum Gasteiger partial charge on any atom is -0.491 e. The van der Waals surface area contributed by atoms with Gasteiger partial charge in [-0.25, -0.2) is 0 Å². The highest BCUT2D eigenvalue weighted by Crippen LogP contribution is 2.40. The molecule has 0 aliphatic heterocycles. The second-order valence-electron chi connectivity index (χ2n) is 6.30. The molecule has 1 heterocycles. The van der Waals surface area contributed by atoms with Crippen LogP contribution >= 0.6 is 0 Å². The quantitative estimate of drug-likeness (QED) is 0.888. The molecule has 1 atom stereocenters. The van der Waals surface area contributed by atoms with E-state index < -0.39 is 0 Å². The van der Waals surface area contributed by atoms with E-state index in [9.17, 15) is 4.79 Å². The van der Waals surface area contributed by atoms with Gasteiger partial charge < -0.3 is 14.6 Å². The molecule has 1 amide bonds. The minimum atomic E-state index is -0.224. The van der Waals surface area contributed by atoms with E-state index in [1.165, 1.54) is 0 Å². The predicted octanol–water partition coefficient (Wildman–Crippen LogP) is 3.37. The SMILES string of the molecule is Cc1cccc(C)c1OC[C@H](C)NC(=O)c1cc(C2CC2)on1. The number of ether oxygens (including phenoxy) is 1. The van der Waals surface area contributed by atoms with Crippen LogP contribution in [0.4, 0.5) is 0 Å². The van der Waals surface area contributed by atoms with E-state index in [1.807, 2.05) is 39.0 Å². The molecule has 1 fully saturated rings. The summed E-state index contributed by atoms with van der Waals surface area (Å²) in [6.07, 6.45) is 2.24. The van der Waals surface area contributed by atoms with Crippen molar-refractivity contribution in [3.05, 3.63) is 46.8 Å². The molecule has 1 aromatic carbocycles. The second-order valence-corrected chi connectivity index (χ2v) is 6.30. The number of aryl methyl sites for hydroxylation is 2. The molecule has 1 aliphatic rings. The van der Waals surface area contributed by atoms with Crippen molar-refractivity contribution in [2.24, 2.45) is 0 Å². The minimum absolute atomic E-state index is 0.123. The molecule has 1 aromatic heterocycles. The number of carbonyl (C=O) groups excluding carboxylic acids is 1. The van der Waals surface area contributed by atoms with Crippen molar-refractivity contribution in [3.63, 3.8) is 0 Å². The van der Waals surface area contributed by atoms with Crippen LogP contribution in [0.25, 0.3) is 0 Å². The van der Waals surface area contributed by atoms with Gasteiger partial charge in [-0.15, -0.1) is 0 Å². The normalized spacial score (nSPS) is 15.3. The summed E-state index contributed by atoms with van der Waals surface area (Å²) in [5, 5.41) is 6.74. The van der Waals surface area contributed by atoms with Crippen molar-refractivity contribution in [2.45, 2.75) is 45.6 Å². The van der Waals surface area contributed by atoms with Gasteiger partial charge in [-0.05, 0) is 44.7 Å². The van der Waals surface area contributed by atoms with Crippen molar-refractivity contribution in [1.29, 1.82) is 0 Å². The fourth-order valence-corrected chi connectivity index (χ4v) is 2.53. The molecule has 23 heavy (non-hydrogen) atoms. The highest BCUT2D eigenvalue weighted by molar-refractivity contribution is 5.92. The van der Waals surface area contributed by atoms with Crippen LogP contribution in [-0.4, -0.2) is 23.7 Å². The van der Waals surface area contributed by atoms with Crippen molar-refractivity contribution >= 4 is 5.91 Å². The Balaban J connectivity index is 1.54. The molecule has 0 unspecified atom stereocenters. The first-order valence-electron chi connectivity index (χ1n) is 8.01. The van der Waals surface area contributed by atoms with Crippen LogP contribution in [0, 0.1) is 13.8 Å². The number of amides is 1. The second kappa shape index (κ2) is 6.44. The summed E-state index contributed by atoms with van der Waals surface area (Å²) in [6, 6.07) is 7.65. The lowest BCUT2D eigenvalue weighted by molar-refractivity contribution is 0.0917. The predicted molar refractivity (Wildman–Crippen MR) is 86.8 cm³/mol. The first kappa shape index (κ1) is 15.6. The molecular weight excluding hydrogens is 292 g/mol. The summed E-state index contributed by atoms with van der Waals surface area (Å²) < 4.78 is 11.1. The van der Waals surface area contributed by atoms with E-state index in [0.29, 0.717) is 18.2 Å². The lowest BCUT2D eigenvalue weighted by Gasteiger charge is -2.17. The van der Waals surface area contributed by atoms with E-state index in [1.54, 1.807) is 6.07 Å². The third kappa shape index (κ3) is 3.73. The average Bonchev–Trinajstić information content (AvgIpc) is 3.24. The highest BCUT2D eigenvalue weighted by atomic mass is 16.5. The zero-order chi connectivity index (χ0) is 16.4. The summed E-state index contributed by atoms with van der Waals surface area (Å²) in [5.74, 6) is 1.92. The third-order valence-electron chi connectivity index (χ3n) is 4.00. The first-order valence-corrected chi connectivity index (χ1v) is 8.01. The zero-order valence-electron chi connectivity index (χ0n) is 13.8. The van der Waals surface area contributed by atoms with Crippen LogP contribution in [0.2, 0.25) is 0 Å². The molecule has 0 radical (unpaired) electrons. The van der Waals surface area contributed by atoms with Gasteiger partial charge in [-0.3, -0.25) is 4.79 Å². The average molecular weight is 314 g/mol. The molecule has 0 bridgehead atoms. The van der Waals surface area contributed by atoms with Crippen LogP contribution in [0.1, 0.15) is 53.1 Å². The Morgan fingerprint density at radius 1 is 1.39 bits per heavy atom. The summed E-state index contributed by atoms with van der Waals surface area (Å²) >= 11 is 0. The number of benzene rings is 1. The number of hydrogen-bond acceptors (Lipinski definition) is 4. The first-order chi connectivity index (χ1) is 11.0. The van der Waals surface area contributed by atoms with Crippen molar-refractivity contribution < 1.29 is 14.1 Å². The number of para-hydroxylation sites is 1. The van der Waals surface area contributed by atoms with Crippen molar-refractivity contribution in [1.82, 2.24) is 10.5 Å². The third-order valence-corrected chi connectivity index (χ3v) is 4.00. The molecule has 0 spiro atoms. The van der Waals surface area contributed by atoms with Gasteiger partial charge >= 0.3 is 0 Å². The Kier molecular flexibility index (Phi) is 4.37. The van der Waals surface area contributed by atoms with E-state index in [2.05, 4.69) is 10.5 Å². The molecule has 2 aromatic rings. The Labute approximate surface area is 136 Å². The van der Waals surface area contributed by atoms with Gasteiger partial charge in [0.2, 0.25) is 0 Å². The Hall–Kier alpha value is -2.30. The van der Waals surface area contributed by atoms with Crippen LogP contribution in [-0.2, 0) is 0 Å². The molecule has 1 aliphatic carbocycles. The van der Waals surface area contributed by atoms with Gasteiger partial charge in [0, 0.05) is 12.0 Å². The van der Waals surface area contributed by atoms with Crippen LogP contribution < -0.4 is 10.1 Å². The molecular formula is C18H22N2O3. The van der Waals surface area contributed by atoms with E-state index in [4.69, 9.17) is 9.26 Å². The molecule has 1 saturated carbocycles. The van der Waals surface area contributed by atoms with Crippen molar-refractivity contribution in [3.8, 4) is 5.75 Å². The van der Waals surface area contributed by atoms with Gasteiger partial charge in [0.25, 0.3) is 5.91 Å². The Morgan fingerprint density at radius 3 is 2.74 bits per heavy atom. The molecule has 0 saturated heterocycles. The van der Waals surface area contributed by atoms with E-state index in [0.717, 1.165) is 35.5 Å². The number of carbonyl (C=O) groups is 1. The molecule has 1 N–H and O–H groups in total. The summed E-state index contributed by atoms with van der Waals surface area (Å²) in [6.45, 7) is 6.35. The maximum Gasteiger partial charge on any atom is 0.273 e. The van der Waals surface area contributed by atoms with Gasteiger partial charge in [0.1, 0.15) is 18.1 Å². The summed E-state index contributed by atoms with van der Waals surface area (Å²) in [7, 11) is 0. The lowest BCUT2D eigenvalue weighted by Crippen LogP contribution is -2.37. The molecule has 3 rings (SSSR count). The Bertz CT molecular complexity index is 684. The maximum absolute atomic E-state index is 12.2. The summed E-state index contributed by atoms with van der Waals surface area (Å²) in [5.41, 5.74) is 2.52.